The van der Waals surface area contributed by atoms with Crippen molar-refractivity contribution < 1.29 is 19.0 Å². The van der Waals surface area contributed by atoms with Gasteiger partial charge in [0.05, 0.1) is 16.5 Å². The topological polar surface area (TPSA) is 94.6 Å². The number of carbonyl (C=O) groups excluding carboxylic acids is 1. The maximum atomic E-state index is 12.7. The molecule has 5 rings (SSSR count). The van der Waals surface area contributed by atoms with E-state index < -0.39 is 11.9 Å². The molecule has 0 bridgehead atoms. The van der Waals surface area contributed by atoms with Crippen LogP contribution in [0.15, 0.2) is 102 Å². The van der Waals surface area contributed by atoms with Crippen LogP contribution < -0.4 is 19.9 Å². The molecule has 1 atom stereocenters. The molecule has 1 aliphatic rings. The van der Waals surface area contributed by atoms with E-state index in [2.05, 4.69) is 6.07 Å². The fourth-order valence-electron chi connectivity index (χ4n) is 4.04. The molecule has 1 heterocycles. The van der Waals surface area contributed by atoms with Gasteiger partial charge in [-0.15, -0.1) is 0 Å². The Labute approximate surface area is 223 Å². The van der Waals surface area contributed by atoms with Crippen molar-refractivity contribution in [1.29, 1.82) is 5.26 Å². The minimum atomic E-state index is -0.652. The number of halogens is 2. The van der Waals surface area contributed by atoms with Gasteiger partial charge in [0.2, 0.25) is 5.88 Å². The first kappa shape index (κ1) is 24.3. The molecule has 0 radical (unpaired) electrons. The Balaban J connectivity index is 1.47. The Kier molecular flexibility index (Phi) is 6.74. The van der Waals surface area contributed by atoms with Gasteiger partial charge in [-0.25, -0.2) is 4.79 Å². The van der Waals surface area contributed by atoms with E-state index in [1.165, 1.54) is 12.1 Å². The van der Waals surface area contributed by atoms with Crippen molar-refractivity contribution in [1.82, 2.24) is 0 Å². The largest absolute Gasteiger partial charge is 0.457 e. The van der Waals surface area contributed by atoms with Crippen molar-refractivity contribution >= 4 is 29.2 Å². The number of nitrogens with two attached hydrogens (primary N) is 1. The predicted octanol–water partition coefficient (Wildman–Crippen LogP) is 7.22. The zero-order chi connectivity index (χ0) is 25.9. The molecule has 2 N–H and O–H groups in total. The first-order chi connectivity index (χ1) is 17.9. The fourth-order valence-corrected chi connectivity index (χ4v) is 4.53. The molecule has 0 aromatic heterocycles. The van der Waals surface area contributed by atoms with Gasteiger partial charge in [0, 0.05) is 16.7 Å². The van der Waals surface area contributed by atoms with Gasteiger partial charge in [-0.1, -0.05) is 59.6 Å². The van der Waals surface area contributed by atoms with Crippen molar-refractivity contribution in [2.45, 2.75) is 5.92 Å². The fraction of sp³-hybridized carbons (Fsp3) is 0.0345. The molecule has 0 spiro atoms. The minimum Gasteiger partial charge on any atom is -0.457 e. The van der Waals surface area contributed by atoms with Crippen LogP contribution in [0.1, 0.15) is 27.4 Å². The van der Waals surface area contributed by atoms with Crippen molar-refractivity contribution in [2.75, 3.05) is 0 Å². The molecule has 37 heavy (non-hydrogen) atoms. The number of para-hydroxylation sites is 1. The van der Waals surface area contributed by atoms with Gasteiger partial charge in [-0.2, -0.15) is 5.26 Å². The molecule has 8 heteroatoms. The summed E-state index contributed by atoms with van der Waals surface area (Å²) in [5.41, 5.74) is 8.05. The molecule has 4 aromatic rings. The highest BCUT2D eigenvalue weighted by Crippen LogP contribution is 2.44. The summed E-state index contributed by atoms with van der Waals surface area (Å²) in [5.74, 6) is 0.696. The number of nitrogens with zero attached hydrogens (tertiary/aromatic N) is 1. The lowest BCUT2D eigenvalue weighted by Gasteiger charge is -2.27. The van der Waals surface area contributed by atoms with Crippen LogP contribution in [-0.2, 0) is 0 Å². The van der Waals surface area contributed by atoms with E-state index in [0.717, 1.165) is 5.56 Å². The molecule has 1 unspecified atom stereocenters. The van der Waals surface area contributed by atoms with Crippen molar-refractivity contribution in [3.63, 3.8) is 0 Å². The number of esters is 1. The maximum Gasteiger partial charge on any atom is 0.345 e. The third-order valence-corrected chi connectivity index (χ3v) is 6.27. The molecule has 0 fully saturated rings. The Hall–Kier alpha value is -4.44. The van der Waals surface area contributed by atoms with Crippen LogP contribution in [0.5, 0.6) is 23.0 Å². The second-order valence-corrected chi connectivity index (χ2v) is 8.97. The number of hydrogen-bond donors (Lipinski definition) is 1. The van der Waals surface area contributed by atoms with Gasteiger partial charge >= 0.3 is 5.97 Å². The number of ether oxygens (including phenoxy) is 3. The smallest absolute Gasteiger partial charge is 0.345 e. The molecule has 0 saturated heterocycles. The number of benzene rings is 4. The SMILES string of the molecule is N#CC1=C(N)Oc2cc(OC(=O)c3ccc(Cl)cc3Cl)ccc2C1c1cccc(Oc2ccccc2)c1. The summed E-state index contributed by atoms with van der Waals surface area (Å²) < 4.78 is 17.2. The number of rotatable bonds is 5. The molecular formula is C29H18Cl2N2O4. The molecule has 0 aliphatic carbocycles. The van der Waals surface area contributed by atoms with Crippen molar-refractivity contribution in [3.8, 4) is 29.1 Å². The van der Waals surface area contributed by atoms with E-state index in [9.17, 15) is 10.1 Å². The second kappa shape index (κ2) is 10.3. The van der Waals surface area contributed by atoms with Gasteiger partial charge in [0.25, 0.3) is 0 Å². The molecular weight excluding hydrogens is 511 g/mol. The molecule has 0 amide bonds. The lowest BCUT2D eigenvalue weighted by Crippen LogP contribution is -2.21. The van der Waals surface area contributed by atoms with Crippen LogP contribution in [0.3, 0.4) is 0 Å². The van der Waals surface area contributed by atoms with Gasteiger partial charge in [-0.05, 0) is 54.1 Å². The standard InChI is InChI=1S/C29H18Cl2N2O4/c30-18-9-11-22(25(31)14-18)29(34)36-21-10-12-23-26(15-21)37-28(33)24(16-32)27(23)17-5-4-8-20(13-17)35-19-6-2-1-3-7-19/h1-15,27H,33H2. The summed E-state index contributed by atoms with van der Waals surface area (Å²) in [4.78, 5) is 12.7. The van der Waals surface area contributed by atoms with Crippen molar-refractivity contribution in [3.05, 3.63) is 129 Å². The number of allylic oxidation sites excluding steroid dienone is 1. The third kappa shape index (κ3) is 5.10. The van der Waals surface area contributed by atoms with E-state index in [0.29, 0.717) is 27.8 Å². The average molecular weight is 529 g/mol. The Morgan fingerprint density at radius 1 is 0.892 bits per heavy atom. The van der Waals surface area contributed by atoms with Crippen molar-refractivity contribution in [2.24, 2.45) is 5.73 Å². The Morgan fingerprint density at radius 3 is 2.43 bits per heavy atom. The number of nitriles is 1. The third-order valence-electron chi connectivity index (χ3n) is 5.72. The van der Waals surface area contributed by atoms with Crippen LogP contribution in [0.2, 0.25) is 10.0 Å². The van der Waals surface area contributed by atoms with E-state index in [1.54, 1.807) is 24.3 Å². The van der Waals surface area contributed by atoms with Gasteiger partial charge in [0.1, 0.15) is 34.6 Å². The van der Waals surface area contributed by atoms with Gasteiger partial charge < -0.3 is 19.9 Å². The molecule has 182 valence electrons. The maximum absolute atomic E-state index is 12.7. The Morgan fingerprint density at radius 2 is 1.68 bits per heavy atom. The number of fused-ring (bicyclic) bond motifs is 1. The molecule has 0 saturated carbocycles. The monoisotopic (exact) mass is 528 g/mol. The average Bonchev–Trinajstić information content (AvgIpc) is 2.88. The normalized spacial score (nSPS) is 14.2. The van der Waals surface area contributed by atoms with Gasteiger partial charge in [-0.3, -0.25) is 0 Å². The molecule has 6 nitrogen and oxygen atoms in total. The minimum absolute atomic E-state index is 0.0291. The summed E-state index contributed by atoms with van der Waals surface area (Å²) in [6.07, 6.45) is 0. The van der Waals surface area contributed by atoms with Crippen LogP contribution in [0.4, 0.5) is 0 Å². The number of carbonyl (C=O) groups is 1. The summed E-state index contributed by atoms with van der Waals surface area (Å²) in [6.45, 7) is 0. The van der Waals surface area contributed by atoms with E-state index >= 15 is 0 Å². The molecule has 1 aliphatic heterocycles. The predicted molar refractivity (Wildman–Crippen MR) is 140 cm³/mol. The quantitative estimate of drug-likeness (QED) is 0.217. The highest BCUT2D eigenvalue weighted by atomic mass is 35.5. The van der Waals surface area contributed by atoms with Crippen LogP contribution in [0.25, 0.3) is 0 Å². The zero-order valence-electron chi connectivity index (χ0n) is 19.2. The van der Waals surface area contributed by atoms with E-state index in [1.807, 2.05) is 54.6 Å². The van der Waals surface area contributed by atoms with Crippen LogP contribution >= 0.6 is 23.2 Å². The summed E-state index contributed by atoms with van der Waals surface area (Å²) in [5, 5.41) is 10.5. The summed E-state index contributed by atoms with van der Waals surface area (Å²) in [7, 11) is 0. The lowest BCUT2D eigenvalue weighted by atomic mass is 9.83. The Bertz CT molecular complexity index is 1580. The first-order valence-corrected chi connectivity index (χ1v) is 11.9. The van der Waals surface area contributed by atoms with Crippen LogP contribution in [-0.4, -0.2) is 5.97 Å². The second-order valence-electron chi connectivity index (χ2n) is 8.13. The van der Waals surface area contributed by atoms with E-state index in [4.69, 9.17) is 43.1 Å². The van der Waals surface area contributed by atoms with Gasteiger partial charge in [0.15, 0.2) is 0 Å². The summed E-state index contributed by atoms with van der Waals surface area (Å²) in [6, 6.07) is 28.4. The lowest BCUT2D eigenvalue weighted by molar-refractivity contribution is 0.0734. The highest BCUT2D eigenvalue weighted by Gasteiger charge is 2.31. The zero-order valence-corrected chi connectivity index (χ0v) is 20.7. The van der Waals surface area contributed by atoms with E-state index in [-0.39, 0.29) is 27.8 Å². The molecule has 4 aromatic carbocycles. The van der Waals surface area contributed by atoms with Crippen LogP contribution in [0, 0.1) is 11.3 Å². The number of hydrogen-bond acceptors (Lipinski definition) is 6. The summed E-state index contributed by atoms with van der Waals surface area (Å²) >= 11 is 12.0. The highest BCUT2D eigenvalue weighted by molar-refractivity contribution is 6.36. The first-order valence-electron chi connectivity index (χ1n) is 11.1.